The number of ketones is 1. The van der Waals surface area contributed by atoms with Gasteiger partial charge in [-0.15, -0.1) is 12.4 Å². The van der Waals surface area contributed by atoms with Crippen LogP contribution in [-0.4, -0.2) is 44.5 Å². The third-order valence-corrected chi connectivity index (χ3v) is 3.46. The van der Waals surface area contributed by atoms with E-state index in [2.05, 4.69) is 4.90 Å². The molecule has 1 aromatic rings. The molecule has 1 aromatic carbocycles. The van der Waals surface area contributed by atoms with Crippen LogP contribution in [-0.2, 0) is 6.42 Å². The second-order valence-corrected chi connectivity index (χ2v) is 5.35. The molecule has 0 radical (unpaired) electrons. The molecule has 2 rings (SSSR count). The number of rotatable bonds is 6. The van der Waals surface area contributed by atoms with Gasteiger partial charge in [-0.25, -0.2) is 0 Å². The van der Waals surface area contributed by atoms with Gasteiger partial charge in [0.25, 0.3) is 0 Å². The molecule has 118 valence electrons. The minimum absolute atomic E-state index is 0. The van der Waals surface area contributed by atoms with Crippen molar-refractivity contribution in [3.63, 3.8) is 0 Å². The minimum Gasteiger partial charge on any atom is -0.490 e. The maximum Gasteiger partial charge on any atom is 0.167 e. The summed E-state index contributed by atoms with van der Waals surface area (Å²) in [5.74, 6) is 1.68. The summed E-state index contributed by atoms with van der Waals surface area (Å²) in [6.07, 6.45) is 0.791. The van der Waals surface area contributed by atoms with Crippen molar-refractivity contribution in [1.29, 1.82) is 0 Å². The van der Waals surface area contributed by atoms with Crippen LogP contribution in [0.5, 0.6) is 11.5 Å². The fraction of sp³-hybridized carbons (Fsp3) is 0.562. The molecule has 4 nitrogen and oxygen atoms in total. The molecular formula is C16H24ClNO3. The average Bonchev–Trinajstić information content (AvgIpc) is 2.67. The highest BCUT2D eigenvalue weighted by Gasteiger charge is 2.32. The van der Waals surface area contributed by atoms with Crippen molar-refractivity contribution in [1.82, 2.24) is 4.90 Å². The van der Waals surface area contributed by atoms with E-state index in [1.54, 1.807) is 0 Å². The quantitative estimate of drug-likeness (QED) is 0.809. The van der Waals surface area contributed by atoms with E-state index in [9.17, 15) is 4.79 Å². The molecule has 0 N–H and O–H groups in total. The van der Waals surface area contributed by atoms with Crippen molar-refractivity contribution in [2.45, 2.75) is 20.3 Å². The molecule has 1 unspecified atom stereocenters. The lowest BCUT2D eigenvalue weighted by molar-refractivity contribution is 0.0916. The normalized spacial score (nSPS) is 16.6. The van der Waals surface area contributed by atoms with Gasteiger partial charge in [0.15, 0.2) is 17.3 Å². The molecule has 0 spiro atoms. The topological polar surface area (TPSA) is 38.8 Å². The van der Waals surface area contributed by atoms with E-state index in [1.165, 1.54) is 0 Å². The van der Waals surface area contributed by atoms with Crippen LogP contribution >= 0.6 is 12.4 Å². The van der Waals surface area contributed by atoms with E-state index in [0.29, 0.717) is 19.0 Å². The number of hydrogen-bond donors (Lipinski definition) is 0. The molecule has 1 aliphatic rings. The second kappa shape index (κ2) is 7.66. The Morgan fingerprint density at radius 2 is 1.71 bits per heavy atom. The SMILES string of the molecule is CCOc1cc2c(cc1OCC)C(=O)C(CN(C)C)C2.Cl. The number of nitrogens with zero attached hydrogens (tertiary/aromatic N) is 1. The highest BCUT2D eigenvalue weighted by Crippen LogP contribution is 2.37. The van der Waals surface area contributed by atoms with Crippen LogP contribution < -0.4 is 9.47 Å². The Labute approximate surface area is 132 Å². The van der Waals surface area contributed by atoms with Gasteiger partial charge in [0, 0.05) is 18.0 Å². The van der Waals surface area contributed by atoms with Crippen LogP contribution in [0.4, 0.5) is 0 Å². The number of carbonyl (C=O) groups is 1. The molecule has 1 atom stereocenters. The Bertz CT molecular complexity index is 503. The van der Waals surface area contributed by atoms with Gasteiger partial charge in [0.2, 0.25) is 0 Å². The van der Waals surface area contributed by atoms with E-state index in [4.69, 9.17) is 9.47 Å². The van der Waals surface area contributed by atoms with Crippen LogP contribution in [0.25, 0.3) is 0 Å². The van der Waals surface area contributed by atoms with Gasteiger partial charge >= 0.3 is 0 Å². The highest BCUT2D eigenvalue weighted by atomic mass is 35.5. The van der Waals surface area contributed by atoms with Crippen LogP contribution in [0.1, 0.15) is 29.8 Å². The Morgan fingerprint density at radius 1 is 1.14 bits per heavy atom. The molecule has 0 fully saturated rings. The Kier molecular flexibility index (Phi) is 6.49. The van der Waals surface area contributed by atoms with Crippen molar-refractivity contribution >= 4 is 18.2 Å². The molecule has 5 heteroatoms. The van der Waals surface area contributed by atoms with Gasteiger partial charge in [-0.1, -0.05) is 0 Å². The van der Waals surface area contributed by atoms with Gasteiger partial charge in [-0.2, -0.15) is 0 Å². The first kappa shape index (κ1) is 17.8. The largest absolute Gasteiger partial charge is 0.490 e. The van der Waals surface area contributed by atoms with Crippen molar-refractivity contribution in [2.75, 3.05) is 33.9 Å². The highest BCUT2D eigenvalue weighted by molar-refractivity contribution is 6.03. The average molecular weight is 314 g/mol. The van der Waals surface area contributed by atoms with Crippen molar-refractivity contribution in [3.8, 4) is 11.5 Å². The van der Waals surface area contributed by atoms with E-state index < -0.39 is 0 Å². The molecule has 1 aliphatic carbocycles. The molecule has 21 heavy (non-hydrogen) atoms. The Balaban J connectivity index is 0.00000220. The molecule has 0 aliphatic heterocycles. The van der Waals surface area contributed by atoms with Gasteiger partial charge in [0.05, 0.1) is 13.2 Å². The number of fused-ring (bicyclic) bond motifs is 1. The van der Waals surface area contributed by atoms with E-state index in [0.717, 1.165) is 29.8 Å². The van der Waals surface area contributed by atoms with Crippen LogP contribution in [0.2, 0.25) is 0 Å². The number of Topliss-reactive ketones (excluding diaryl/α,β-unsaturated/α-hetero) is 1. The summed E-state index contributed by atoms with van der Waals surface area (Å²) in [5.41, 5.74) is 1.87. The summed E-state index contributed by atoms with van der Waals surface area (Å²) in [5, 5.41) is 0. The first-order valence-electron chi connectivity index (χ1n) is 7.18. The summed E-state index contributed by atoms with van der Waals surface area (Å²) in [7, 11) is 3.99. The predicted octanol–water partition coefficient (Wildman–Crippen LogP) is 2.82. The van der Waals surface area contributed by atoms with Crippen molar-refractivity contribution in [3.05, 3.63) is 23.3 Å². The van der Waals surface area contributed by atoms with E-state index in [-0.39, 0.29) is 24.1 Å². The fourth-order valence-electron chi connectivity index (χ4n) is 2.70. The summed E-state index contributed by atoms with van der Waals surface area (Å²) >= 11 is 0. The Hall–Kier alpha value is -1.26. The summed E-state index contributed by atoms with van der Waals surface area (Å²) in [6.45, 7) is 5.81. The molecular weight excluding hydrogens is 290 g/mol. The number of hydrogen-bond acceptors (Lipinski definition) is 4. The first-order chi connectivity index (χ1) is 9.56. The maximum atomic E-state index is 12.4. The molecule has 0 heterocycles. The third kappa shape index (κ3) is 3.89. The summed E-state index contributed by atoms with van der Waals surface area (Å²) in [4.78, 5) is 14.5. The van der Waals surface area contributed by atoms with Crippen molar-refractivity contribution in [2.24, 2.45) is 5.92 Å². The zero-order chi connectivity index (χ0) is 14.7. The molecule has 0 saturated carbocycles. The lowest BCUT2D eigenvalue weighted by atomic mass is 10.1. The number of carbonyl (C=O) groups excluding carboxylic acids is 1. The molecule has 0 aromatic heterocycles. The molecule has 0 saturated heterocycles. The standard InChI is InChI=1S/C16H23NO3.ClH/c1-5-19-14-8-11-7-12(10-17(3)4)16(18)13(11)9-15(14)20-6-2;/h8-9,12H,5-7,10H2,1-4H3;1H. The van der Waals surface area contributed by atoms with Crippen molar-refractivity contribution < 1.29 is 14.3 Å². The molecule has 0 bridgehead atoms. The number of ether oxygens (including phenoxy) is 2. The van der Waals surface area contributed by atoms with Crippen LogP contribution in [0, 0.1) is 5.92 Å². The van der Waals surface area contributed by atoms with Gasteiger partial charge in [-0.05, 0) is 52.1 Å². The van der Waals surface area contributed by atoms with Crippen LogP contribution in [0.3, 0.4) is 0 Å². The minimum atomic E-state index is 0. The van der Waals surface area contributed by atoms with Gasteiger partial charge < -0.3 is 14.4 Å². The van der Waals surface area contributed by atoms with Crippen LogP contribution in [0.15, 0.2) is 12.1 Å². The fourth-order valence-corrected chi connectivity index (χ4v) is 2.70. The predicted molar refractivity (Wildman–Crippen MR) is 86.1 cm³/mol. The number of halogens is 1. The third-order valence-electron chi connectivity index (χ3n) is 3.46. The van der Waals surface area contributed by atoms with Gasteiger partial charge in [-0.3, -0.25) is 4.79 Å². The first-order valence-corrected chi connectivity index (χ1v) is 7.18. The second-order valence-electron chi connectivity index (χ2n) is 5.35. The smallest absolute Gasteiger partial charge is 0.167 e. The summed E-state index contributed by atoms with van der Waals surface area (Å²) < 4.78 is 11.2. The lowest BCUT2D eigenvalue weighted by Crippen LogP contribution is -2.25. The number of benzene rings is 1. The van der Waals surface area contributed by atoms with E-state index in [1.807, 2.05) is 40.1 Å². The van der Waals surface area contributed by atoms with E-state index >= 15 is 0 Å². The Morgan fingerprint density at radius 3 is 2.24 bits per heavy atom. The van der Waals surface area contributed by atoms with Gasteiger partial charge in [0.1, 0.15) is 0 Å². The maximum absolute atomic E-state index is 12.4. The lowest BCUT2D eigenvalue weighted by Gasteiger charge is -2.13. The molecule has 0 amide bonds. The summed E-state index contributed by atoms with van der Waals surface area (Å²) in [6, 6.07) is 3.82. The monoisotopic (exact) mass is 313 g/mol. The zero-order valence-electron chi connectivity index (χ0n) is 13.1. The zero-order valence-corrected chi connectivity index (χ0v) is 14.0.